The lowest BCUT2D eigenvalue weighted by Gasteiger charge is -2.06. The molecule has 14 heavy (non-hydrogen) atoms. The molecule has 0 fully saturated rings. The first kappa shape index (κ1) is 11.3. The van der Waals surface area contributed by atoms with Crippen LogP contribution in [0.4, 0.5) is 0 Å². The molecular formula is C13H20N. The number of hydrogen-bond acceptors (Lipinski definition) is 1. The van der Waals surface area contributed by atoms with Crippen LogP contribution in [0.3, 0.4) is 0 Å². The van der Waals surface area contributed by atoms with Gasteiger partial charge in [-0.25, -0.2) is 0 Å². The van der Waals surface area contributed by atoms with E-state index in [4.69, 9.17) is 5.73 Å². The van der Waals surface area contributed by atoms with Crippen molar-refractivity contribution in [2.45, 2.75) is 46.1 Å². The van der Waals surface area contributed by atoms with Gasteiger partial charge >= 0.3 is 0 Å². The van der Waals surface area contributed by atoms with Crippen molar-refractivity contribution >= 4 is 0 Å². The zero-order valence-electron chi connectivity index (χ0n) is 9.27. The van der Waals surface area contributed by atoms with E-state index in [2.05, 4.69) is 32.0 Å². The Kier molecular flexibility index (Phi) is 4.68. The molecule has 1 nitrogen and oxygen atoms in total. The third kappa shape index (κ3) is 3.15. The smallest absolute Gasteiger partial charge is 0.0178 e. The maximum atomic E-state index is 5.67. The molecule has 0 aliphatic heterocycles. The molecule has 0 aromatic heterocycles. The van der Waals surface area contributed by atoms with Gasteiger partial charge in [0.15, 0.2) is 0 Å². The van der Waals surface area contributed by atoms with Crippen LogP contribution >= 0.6 is 0 Å². The summed E-state index contributed by atoms with van der Waals surface area (Å²) in [7, 11) is 0. The van der Waals surface area contributed by atoms with E-state index in [1.165, 1.54) is 29.5 Å². The molecule has 0 aliphatic carbocycles. The van der Waals surface area contributed by atoms with E-state index in [-0.39, 0.29) is 0 Å². The fraction of sp³-hybridized carbons (Fsp3) is 0.538. The molecule has 0 unspecified atom stereocenters. The molecule has 0 saturated carbocycles. The van der Waals surface area contributed by atoms with Gasteiger partial charge in [-0.05, 0) is 35.6 Å². The second-order valence-electron chi connectivity index (χ2n) is 3.74. The summed E-state index contributed by atoms with van der Waals surface area (Å²) in [4.78, 5) is 0. The molecule has 0 saturated heterocycles. The molecule has 77 valence electrons. The molecule has 0 atom stereocenters. The average molecular weight is 190 g/mol. The van der Waals surface area contributed by atoms with Crippen molar-refractivity contribution in [1.82, 2.24) is 0 Å². The maximum absolute atomic E-state index is 5.67. The predicted molar refractivity (Wildman–Crippen MR) is 61.2 cm³/mol. The van der Waals surface area contributed by atoms with Gasteiger partial charge in [0.05, 0.1) is 0 Å². The highest BCUT2D eigenvalue weighted by Crippen LogP contribution is 2.12. The van der Waals surface area contributed by atoms with Gasteiger partial charge in [-0.2, -0.15) is 0 Å². The lowest BCUT2D eigenvalue weighted by molar-refractivity contribution is 0.883. The van der Waals surface area contributed by atoms with Gasteiger partial charge in [0.2, 0.25) is 0 Å². The van der Waals surface area contributed by atoms with Crippen LogP contribution in [0.2, 0.25) is 0 Å². The Morgan fingerprint density at radius 1 is 1.07 bits per heavy atom. The summed E-state index contributed by atoms with van der Waals surface area (Å²) in [6, 6.07) is 7.83. The van der Waals surface area contributed by atoms with Crippen molar-refractivity contribution < 1.29 is 0 Å². The Hall–Kier alpha value is -0.820. The van der Waals surface area contributed by atoms with Crippen molar-refractivity contribution in [1.29, 1.82) is 0 Å². The van der Waals surface area contributed by atoms with Gasteiger partial charge in [-0.3, -0.25) is 0 Å². The third-order valence-corrected chi connectivity index (χ3v) is 2.31. The molecule has 0 aliphatic rings. The Labute approximate surface area is 87.3 Å². The van der Waals surface area contributed by atoms with E-state index in [0.29, 0.717) is 6.54 Å². The topological polar surface area (TPSA) is 26.0 Å². The Morgan fingerprint density at radius 2 is 1.57 bits per heavy atom. The summed E-state index contributed by atoms with van der Waals surface area (Å²) >= 11 is 0. The van der Waals surface area contributed by atoms with Crippen molar-refractivity contribution in [3.8, 4) is 0 Å². The van der Waals surface area contributed by atoms with E-state index < -0.39 is 0 Å². The molecule has 1 rings (SSSR count). The van der Waals surface area contributed by atoms with Crippen LogP contribution in [0.15, 0.2) is 12.1 Å². The Bertz CT molecular complexity index is 254. The largest absolute Gasteiger partial charge is 0.326 e. The molecule has 0 heterocycles. The number of rotatable bonds is 5. The van der Waals surface area contributed by atoms with E-state index in [1.54, 1.807) is 0 Å². The minimum absolute atomic E-state index is 0.641. The second-order valence-corrected chi connectivity index (χ2v) is 3.74. The van der Waals surface area contributed by atoms with E-state index in [9.17, 15) is 0 Å². The summed E-state index contributed by atoms with van der Waals surface area (Å²) in [5.41, 5.74) is 9.55. The SMILES string of the molecule is CCCc1[c]c(CCC)cc(CN)c1. The van der Waals surface area contributed by atoms with E-state index in [1.807, 2.05) is 0 Å². The van der Waals surface area contributed by atoms with Gasteiger partial charge in [0.1, 0.15) is 0 Å². The van der Waals surface area contributed by atoms with Crippen molar-refractivity contribution in [2.75, 3.05) is 0 Å². The highest BCUT2D eigenvalue weighted by atomic mass is 14.5. The molecule has 0 amide bonds. The lowest BCUT2D eigenvalue weighted by atomic mass is 10.00. The van der Waals surface area contributed by atoms with E-state index >= 15 is 0 Å². The van der Waals surface area contributed by atoms with Crippen LogP contribution in [0, 0.1) is 6.07 Å². The molecule has 2 N–H and O–H groups in total. The maximum Gasteiger partial charge on any atom is 0.0178 e. The number of aryl methyl sites for hydroxylation is 2. The minimum atomic E-state index is 0.641. The van der Waals surface area contributed by atoms with Crippen LogP contribution in [0.1, 0.15) is 43.4 Å². The quantitative estimate of drug-likeness (QED) is 0.759. The normalized spacial score (nSPS) is 10.5. The molecule has 0 bridgehead atoms. The lowest BCUT2D eigenvalue weighted by Crippen LogP contribution is -2.00. The number of benzene rings is 1. The van der Waals surface area contributed by atoms with Crippen LogP contribution < -0.4 is 5.73 Å². The van der Waals surface area contributed by atoms with Crippen LogP contribution in [0.25, 0.3) is 0 Å². The van der Waals surface area contributed by atoms with Gasteiger partial charge in [-0.15, -0.1) is 0 Å². The molecular weight excluding hydrogens is 170 g/mol. The zero-order valence-corrected chi connectivity index (χ0v) is 9.27. The first-order valence-electron chi connectivity index (χ1n) is 5.54. The highest BCUT2D eigenvalue weighted by molar-refractivity contribution is 5.29. The van der Waals surface area contributed by atoms with Gasteiger partial charge in [0.25, 0.3) is 0 Å². The molecule has 1 aromatic carbocycles. The fourth-order valence-electron chi connectivity index (χ4n) is 1.69. The van der Waals surface area contributed by atoms with Crippen molar-refractivity contribution in [3.63, 3.8) is 0 Å². The summed E-state index contributed by atoms with van der Waals surface area (Å²) in [6.45, 7) is 5.03. The van der Waals surface area contributed by atoms with Gasteiger partial charge in [0, 0.05) is 6.54 Å². The average Bonchev–Trinajstić information content (AvgIpc) is 2.18. The minimum Gasteiger partial charge on any atom is -0.326 e. The predicted octanol–water partition coefficient (Wildman–Crippen LogP) is 2.85. The van der Waals surface area contributed by atoms with Crippen LogP contribution in [-0.2, 0) is 19.4 Å². The highest BCUT2D eigenvalue weighted by Gasteiger charge is 1.99. The van der Waals surface area contributed by atoms with Gasteiger partial charge in [-0.1, -0.05) is 38.8 Å². The van der Waals surface area contributed by atoms with Crippen molar-refractivity contribution in [2.24, 2.45) is 5.73 Å². The van der Waals surface area contributed by atoms with Crippen molar-refractivity contribution in [3.05, 3.63) is 34.9 Å². The second kappa shape index (κ2) is 5.82. The monoisotopic (exact) mass is 190 g/mol. The first-order chi connectivity index (χ1) is 6.80. The molecule has 1 heteroatoms. The van der Waals surface area contributed by atoms with Gasteiger partial charge < -0.3 is 5.73 Å². The third-order valence-electron chi connectivity index (χ3n) is 2.31. The summed E-state index contributed by atoms with van der Waals surface area (Å²) < 4.78 is 0. The van der Waals surface area contributed by atoms with Crippen LogP contribution in [-0.4, -0.2) is 0 Å². The molecule has 0 spiro atoms. The summed E-state index contributed by atoms with van der Waals surface area (Å²) in [5, 5.41) is 0. The molecule has 1 radical (unpaired) electrons. The zero-order chi connectivity index (χ0) is 10.4. The number of nitrogens with two attached hydrogens (primary N) is 1. The molecule has 1 aromatic rings. The van der Waals surface area contributed by atoms with E-state index in [0.717, 1.165) is 12.8 Å². The fourth-order valence-corrected chi connectivity index (χ4v) is 1.69. The first-order valence-corrected chi connectivity index (χ1v) is 5.54. The summed E-state index contributed by atoms with van der Waals surface area (Å²) in [6.07, 6.45) is 4.58. The number of hydrogen-bond donors (Lipinski definition) is 1. The Morgan fingerprint density at radius 3 is 1.93 bits per heavy atom. The standard InChI is InChI=1S/C13H20N/c1-3-5-11-7-12(6-4-2)9-13(8-11)10-14/h8-9H,3-6,10,14H2,1-2H3. The Balaban J connectivity index is 2.88. The van der Waals surface area contributed by atoms with Crippen LogP contribution in [0.5, 0.6) is 0 Å². The summed E-state index contributed by atoms with van der Waals surface area (Å²) in [5.74, 6) is 0.